The first-order chi connectivity index (χ1) is 10.7. The zero-order chi connectivity index (χ0) is 15.8. The Morgan fingerprint density at radius 2 is 1.91 bits per heavy atom. The summed E-state index contributed by atoms with van der Waals surface area (Å²) in [5.41, 5.74) is 5.84. The summed E-state index contributed by atoms with van der Waals surface area (Å²) in [6, 6.07) is 17.8. The molecule has 22 heavy (non-hydrogen) atoms. The van der Waals surface area contributed by atoms with E-state index >= 15 is 0 Å². The lowest BCUT2D eigenvalue weighted by molar-refractivity contribution is 0.414. The van der Waals surface area contributed by atoms with Gasteiger partial charge >= 0.3 is 0 Å². The van der Waals surface area contributed by atoms with Gasteiger partial charge in [0.2, 0.25) is 0 Å². The van der Waals surface area contributed by atoms with Gasteiger partial charge in [0.25, 0.3) is 0 Å². The molecular weight excluding hydrogens is 294 g/mol. The molecule has 2 aromatic rings. The third kappa shape index (κ3) is 4.86. The van der Waals surface area contributed by atoms with E-state index in [9.17, 15) is 0 Å². The van der Waals surface area contributed by atoms with Gasteiger partial charge in [-0.15, -0.1) is 0 Å². The summed E-state index contributed by atoms with van der Waals surface area (Å²) < 4.78 is 5.20. The quantitative estimate of drug-likeness (QED) is 0.506. The molecule has 0 aliphatic carbocycles. The molecule has 0 aliphatic heterocycles. The predicted octanol–water partition coefficient (Wildman–Crippen LogP) is 3.08. The third-order valence-electron chi connectivity index (χ3n) is 3.11. The van der Waals surface area contributed by atoms with Crippen LogP contribution in [0.2, 0.25) is 0 Å². The highest BCUT2D eigenvalue weighted by atomic mass is 32.1. The average Bonchev–Trinajstić information content (AvgIpc) is 2.58. The first-order valence-corrected chi connectivity index (χ1v) is 7.36. The number of rotatable bonds is 5. The molecule has 0 atom stereocenters. The van der Waals surface area contributed by atoms with Crippen molar-refractivity contribution >= 4 is 23.0 Å². The fourth-order valence-corrected chi connectivity index (χ4v) is 1.98. The van der Waals surface area contributed by atoms with Gasteiger partial charge in [-0.3, -0.25) is 5.43 Å². The van der Waals surface area contributed by atoms with E-state index in [4.69, 9.17) is 17.0 Å². The summed E-state index contributed by atoms with van der Waals surface area (Å²) in [5.74, 6) is 0.803. The second-order valence-electron chi connectivity index (χ2n) is 4.71. The van der Waals surface area contributed by atoms with Gasteiger partial charge in [0, 0.05) is 12.1 Å². The molecule has 0 aliphatic rings. The van der Waals surface area contributed by atoms with Crippen LogP contribution >= 0.6 is 12.2 Å². The Bertz CT molecular complexity index is 656. The van der Waals surface area contributed by atoms with E-state index in [1.165, 1.54) is 5.56 Å². The molecule has 2 N–H and O–H groups in total. The van der Waals surface area contributed by atoms with Crippen molar-refractivity contribution in [3.05, 3.63) is 65.7 Å². The highest BCUT2D eigenvalue weighted by molar-refractivity contribution is 7.80. The summed E-state index contributed by atoms with van der Waals surface area (Å²) in [4.78, 5) is 0. The molecule has 5 heteroatoms. The number of hydrazone groups is 1. The largest absolute Gasteiger partial charge is 0.497 e. The monoisotopic (exact) mass is 313 g/mol. The number of thiocarbonyl (C=S) groups is 1. The molecule has 4 nitrogen and oxygen atoms in total. The highest BCUT2D eigenvalue weighted by Gasteiger charge is 2.00. The lowest BCUT2D eigenvalue weighted by Gasteiger charge is -2.08. The fraction of sp³-hybridized carbons (Fsp3) is 0.176. The van der Waals surface area contributed by atoms with E-state index in [-0.39, 0.29) is 0 Å². The van der Waals surface area contributed by atoms with E-state index in [0.717, 1.165) is 17.0 Å². The van der Waals surface area contributed by atoms with Gasteiger partial charge < -0.3 is 10.1 Å². The van der Waals surface area contributed by atoms with Crippen LogP contribution in [-0.2, 0) is 6.54 Å². The zero-order valence-corrected chi connectivity index (χ0v) is 13.5. The van der Waals surface area contributed by atoms with Crippen molar-refractivity contribution in [2.75, 3.05) is 7.11 Å². The van der Waals surface area contributed by atoms with Crippen LogP contribution in [0.4, 0.5) is 0 Å². The predicted molar refractivity (Wildman–Crippen MR) is 94.2 cm³/mol. The first-order valence-electron chi connectivity index (χ1n) is 6.95. The van der Waals surface area contributed by atoms with E-state index < -0.39 is 0 Å². The van der Waals surface area contributed by atoms with Crippen molar-refractivity contribution in [1.82, 2.24) is 10.7 Å². The van der Waals surface area contributed by atoms with Gasteiger partial charge in [-0.1, -0.05) is 42.5 Å². The van der Waals surface area contributed by atoms with Crippen molar-refractivity contribution in [2.45, 2.75) is 13.5 Å². The minimum Gasteiger partial charge on any atom is -0.497 e. The second-order valence-corrected chi connectivity index (χ2v) is 5.12. The van der Waals surface area contributed by atoms with Gasteiger partial charge in [-0.25, -0.2) is 0 Å². The van der Waals surface area contributed by atoms with Crippen LogP contribution in [0.15, 0.2) is 59.7 Å². The minimum absolute atomic E-state index is 0.492. The Hall–Kier alpha value is -2.40. The Morgan fingerprint density at radius 1 is 1.14 bits per heavy atom. The van der Waals surface area contributed by atoms with Crippen LogP contribution in [0.5, 0.6) is 5.75 Å². The summed E-state index contributed by atoms with van der Waals surface area (Å²) in [6.45, 7) is 2.59. The SMILES string of the molecule is COc1cccc(/C(C)=N/NC(=S)NCc2ccccc2)c1. The molecule has 0 radical (unpaired) electrons. The molecule has 0 unspecified atom stereocenters. The number of methoxy groups -OCH3 is 1. The molecular formula is C17H19N3OS. The van der Waals surface area contributed by atoms with E-state index in [2.05, 4.69) is 15.8 Å². The Labute approximate surface area is 136 Å². The second kappa shape index (κ2) is 8.14. The Balaban J connectivity index is 1.88. The molecule has 0 aromatic heterocycles. The van der Waals surface area contributed by atoms with Crippen LogP contribution in [0, 0.1) is 0 Å². The van der Waals surface area contributed by atoms with E-state index in [1.807, 2.05) is 61.5 Å². The standard InChI is InChI=1S/C17H19N3OS/c1-13(15-9-6-10-16(11-15)21-2)19-20-17(22)18-12-14-7-4-3-5-8-14/h3-11H,12H2,1-2H3,(H2,18,20,22)/b19-13+. The number of nitrogens with one attached hydrogen (secondary N) is 2. The summed E-state index contributed by atoms with van der Waals surface area (Å²) in [5, 5.41) is 7.90. The zero-order valence-electron chi connectivity index (χ0n) is 12.7. The maximum absolute atomic E-state index is 5.22. The minimum atomic E-state index is 0.492. The smallest absolute Gasteiger partial charge is 0.187 e. The van der Waals surface area contributed by atoms with Crippen molar-refractivity contribution in [3.8, 4) is 5.75 Å². The van der Waals surface area contributed by atoms with Crippen LogP contribution in [0.3, 0.4) is 0 Å². The van der Waals surface area contributed by atoms with Gasteiger partial charge in [0.1, 0.15) is 5.75 Å². The number of hydrogen-bond acceptors (Lipinski definition) is 3. The number of ether oxygens (including phenoxy) is 1. The van der Waals surface area contributed by atoms with Crippen molar-refractivity contribution < 1.29 is 4.74 Å². The van der Waals surface area contributed by atoms with E-state index in [1.54, 1.807) is 7.11 Å². The van der Waals surface area contributed by atoms with Crippen molar-refractivity contribution in [1.29, 1.82) is 0 Å². The van der Waals surface area contributed by atoms with Gasteiger partial charge in [0.05, 0.1) is 12.8 Å². The molecule has 0 saturated heterocycles. The molecule has 0 fully saturated rings. The molecule has 0 spiro atoms. The third-order valence-corrected chi connectivity index (χ3v) is 3.34. The van der Waals surface area contributed by atoms with Gasteiger partial charge in [-0.2, -0.15) is 5.10 Å². The Kier molecular flexibility index (Phi) is 5.91. The molecule has 0 bridgehead atoms. The lowest BCUT2D eigenvalue weighted by atomic mass is 10.1. The molecule has 0 saturated carbocycles. The number of nitrogens with zero attached hydrogens (tertiary/aromatic N) is 1. The number of hydrogen-bond donors (Lipinski definition) is 2. The van der Waals surface area contributed by atoms with Gasteiger partial charge in [0.15, 0.2) is 5.11 Å². The summed E-state index contributed by atoms with van der Waals surface area (Å²) in [6.07, 6.45) is 0. The lowest BCUT2D eigenvalue weighted by Crippen LogP contribution is -2.32. The van der Waals surface area contributed by atoms with Crippen LogP contribution in [0.25, 0.3) is 0 Å². The average molecular weight is 313 g/mol. The molecule has 2 aromatic carbocycles. The van der Waals surface area contributed by atoms with Crippen LogP contribution in [-0.4, -0.2) is 17.9 Å². The molecule has 2 rings (SSSR count). The van der Waals surface area contributed by atoms with Crippen LogP contribution in [0.1, 0.15) is 18.1 Å². The van der Waals surface area contributed by atoms with Crippen LogP contribution < -0.4 is 15.5 Å². The maximum atomic E-state index is 5.22. The van der Waals surface area contributed by atoms with Gasteiger partial charge in [-0.05, 0) is 36.8 Å². The fourth-order valence-electron chi connectivity index (χ4n) is 1.87. The molecule has 0 amide bonds. The summed E-state index contributed by atoms with van der Waals surface area (Å²) >= 11 is 5.22. The molecule has 114 valence electrons. The first kappa shape index (κ1) is 16.0. The maximum Gasteiger partial charge on any atom is 0.187 e. The Morgan fingerprint density at radius 3 is 2.64 bits per heavy atom. The molecule has 0 heterocycles. The van der Waals surface area contributed by atoms with Crippen molar-refractivity contribution in [3.63, 3.8) is 0 Å². The topological polar surface area (TPSA) is 45.6 Å². The van der Waals surface area contributed by atoms with Crippen molar-refractivity contribution in [2.24, 2.45) is 5.10 Å². The highest BCUT2D eigenvalue weighted by Crippen LogP contribution is 2.13. The summed E-state index contributed by atoms with van der Waals surface area (Å²) in [7, 11) is 1.65. The van der Waals surface area contributed by atoms with E-state index in [0.29, 0.717) is 11.7 Å². The number of benzene rings is 2. The normalized spacial score (nSPS) is 10.9.